The first-order valence-corrected chi connectivity index (χ1v) is 8.50. The van der Waals surface area contributed by atoms with Crippen LogP contribution in [-0.4, -0.2) is 26.9 Å². The normalized spacial score (nSPS) is 15.0. The van der Waals surface area contributed by atoms with Gasteiger partial charge in [-0.15, -0.1) is 0 Å². The highest BCUT2D eigenvalue weighted by molar-refractivity contribution is 5.92. The van der Waals surface area contributed by atoms with Crippen LogP contribution in [0, 0.1) is 6.92 Å². The fourth-order valence-electron chi connectivity index (χ4n) is 2.95. The second kappa shape index (κ2) is 7.86. The molecular weight excluding hydrogens is 302 g/mol. The summed E-state index contributed by atoms with van der Waals surface area (Å²) in [6.45, 7) is 2.46. The summed E-state index contributed by atoms with van der Waals surface area (Å²) in [5.74, 6) is 0.361. The molecule has 0 aliphatic heterocycles. The molecule has 1 saturated carbocycles. The van der Waals surface area contributed by atoms with Crippen LogP contribution in [0.3, 0.4) is 0 Å². The van der Waals surface area contributed by atoms with Crippen LogP contribution in [0.4, 0.5) is 5.95 Å². The van der Waals surface area contributed by atoms with E-state index in [0.29, 0.717) is 18.2 Å². The van der Waals surface area contributed by atoms with Crippen molar-refractivity contribution in [3.05, 3.63) is 47.5 Å². The molecule has 0 saturated heterocycles. The molecule has 2 heterocycles. The van der Waals surface area contributed by atoms with E-state index < -0.39 is 0 Å². The van der Waals surface area contributed by atoms with Gasteiger partial charge in [-0.2, -0.15) is 0 Å². The predicted octanol–water partition coefficient (Wildman–Crippen LogP) is 2.85. The number of aryl methyl sites for hydroxylation is 1. The number of anilines is 1. The zero-order valence-electron chi connectivity index (χ0n) is 14.0. The highest BCUT2D eigenvalue weighted by Gasteiger charge is 2.18. The average Bonchev–Trinajstić information content (AvgIpc) is 2.61. The van der Waals surface area contributed by atoms with Crippen LogP contribution in [0.2, 0.25) is 0 Å². The van der Waals surface area contributed by atoms with Crippen LogP contribution in [-0.2, 0) is 6.54 Å². The van der Waals surface area contributed by atoms with Gasteiger partial charge in [-0.05, 0) is 43.5 Å². The second-order valence-electron chi connectivity index (χ2n) is 6.24. The van der Waals surface area contributed by atoms with Crippen LogP contribution >= 0.6 is 0 Å². The molecular formula is C18H23N5O. The molecule has 1 aliphatic rings. The predicted molar refractivity (Wildman–Crippen MR) is 92.7 cm³/mol. The highest BCUT2D eigenvalue weighted by Crippen LogP contribution is 2.18. The largest absolute Gasteiger partial charge is 0.350 e. The van der Waals surface area contributed by atoms with E-state index in [4.69, 9.17) is 0 Å². The van der Waals surface area contributed by atoms with Crippen LogP contribution in [0.25, 0.3) is 0 Å². The molecule has 1 aliphatic carbocycles. The number of carbonyl (C=O) groups excluding carboxylic acids is 1. The lowest BCUT2D eigenvalue weighted by Crippen LogP contribution is -2.36. The number of hydrogen-bond acceptors (Lipinski definition) is 5. The van der Waals surface area contributed by atoms with E-state index >= 15 is 0 Å². The molecule has 0 spiro atoms. The van der Waals surface area contributed by atoms with Crippen LogP contribution in [0.5, 0.6) is 0 Å². The monoisotopic (exact) mass is 325 g/mol. The molecule has 126 valence electrons. The van der Waals surface area contributed by atoms with Gasteiger partial charge < -0.3 is 10.6 Å². The third kappa shape index (κ3) is 4.50. The Morgan fingerprint density at radius 3 is 2.67 bits per heavy atom. The van der Waals surface area contributed by atoms with Crippen molar-refractivity contribution in [1.82, 2.24) is 20.3 Å². The van der Waals surface area contributed by atoms with Gasteiger partial charge in [-0.25, -0.2) is 9.97 Å². The maximum absolute atomic E-state index is 12.5. The van der Waals surface area contributed by atoms with Crippen molar-refractivity contribution < 1.29 is 4.79 Å². The number of nitrogens with one attached hydrogen (secondary N) is 2. The van der Waals surface area contributed by atoms with Gasteiger partial charge in [-0.1, -0.05) is 19.3 Å². The van der Waals surface area contributed by atoms with E-state index in [2.05, 4.69) is 25.6 Å². The van der Waals surface area contributed by atoms with E-state index in [0.717, 1.165) is 24.1 Å². The van der Waals surface area contributed by atoms with Crippen molar-refractivity contribution >= 4 is 11.9 Å². The van der Waals surface area contributed by atoms with Gasteiger partial charge in [0.15, 0.2) is 0 Å². The molecule has 0 unspecified atom stereocenters. The molecule has 2 N–H and O–H groups in total. The van der Waals surface area contributed by atoms with Gasteiger partial charge in [0.25, 0.3) is 5.91 Å². The Labute approximate surface area is 142 Å². The van der Waals surface area contributed by atoms with Crippen LogP contribution in [0.15, 0.2) is 30.6 Å². The smallest absolute Gasteiger partial charge is 0.270 e. The number of nitrogens with zero attached hydrogens (tertiary/aromatic N) is 3. The topological polar surface area (TPSA) is 79.8 Å². The van der Waals surface area contributed by atoms with Crippen molar-refractivity contribution in [1.29, 1.82) is 0 Å². The lowest BCUT2D eigenvalue weighted by Gasteiger charge is -2.22. The molecule has 1 fully saturated rings. The summed E-state index contributed by atoms with van der Waals surface area (Å²) < 4.78 is 0. The van der Waals surface area contributed by atoms with E-state index in [9.17, 15) is 4.79 Å². The SMILES string of the molecule is Cc1cc(C(=O)NC2CCCCC2)nc(NCc2ccncc2)n1. The summed E-state index contributed by atoms with van der Waals surface area (Å²) in [6.07, 6.45) is 9.25. The van der Waals surface area contributed by atoms with Crippen molar-refractivity contribution in [2.45, 2.75) is 51.6 Å². The van der Waals surface area contributed by atoms with Crippen molar-refractivity contribution in [3.63, 3.8) is 0 Å². The molecule has 0 atom stereocenters. The summed E-state index contributed by atoms with van der Waals surface area (Å²) in [7, 11) is 0. The molecule has 0 bridgehead atoms. The van der Waals surface area contributed by atoms with Gasteiger partial charge in [-0.3, -0.25) is 9.78 Å². The molecule has 24 heavy (non-hydrogen) atoms. The second-order valence-corrected chi connectivity index (χ2v) is 6.24. The zero-order chi connectivity index (χ0) is 16.8. The molecule has 3 rings (SSSR count). The standard InChI is InChI=1S/C18H23N5O/c1-13-11-16(17(24)22-15-5-3-2-4-6-15)23-18(21-13)20-12-14-7-9-19-10-8-14/h7-11,15H,2-6,12H2,1H3,(H,22,24)(H,20,21,23). The fraction of sp³-hybridized carbons (Fsp3) is 0.444. The molecule has 6 nitrogen and oxygen atoms in total. The van der Waals surface area contributed by atoms with E-state index in [1.807, 2.05) is 19.1 Å². The quantitative estimate of drug-likeness (QED) is 0.883. The van der Waals surface area contributed by atoms with E-state index in [1.165, 1.54) is 19.3 Å². The number of carbonyl (C=O) groups is 1. The number of rotatable bonds is 5. The zero-order valence-corrected chi connectivity index (χ0v) is 14.0. The van der Waals surface area contributed by atoms with Gasteiger partial charge in [0, 0.05) is 30.7 Å². The Kier molecular flexibility index (Phi) is 5.36. The van der Waals surface area contributed by atoms with Crippen molar-refractivity contribution in [3.8, 4) is 0 Å². The van der Waals surface area contributed by atoms with Crippen molar-refractivity contribution in [2.75, 3.05) is 5.32 Å². The number of aromatic nitrogens is 3. The van der Waals surface area contributed by atoms with Crippen LogP contribution < -0.4 is 10.6 Å². The number of amides is 1. The maximum Gasteiger partial charge on any atom is 0.270 e. The average molecular weight is 325 g/mol. The molecule has 6 heteroatoms. The van der Waals surface area contributed by atoms with E-state index in [-0.39, 0.29) is 11.9 Å². The molecule has 0 radical (unpaired) electrons. The summed E-state index contributed by atoms with van der Waals surface area (Å²) in [6, 6.07) is 5.86. The lowest BCUT2D eigenvalue weighted by atomic mass is 9.95. The number of hydrogen-bond donors (Lipinski definition) is 2. The first-order valence-electron chi connectivity index (χ1n) is 8.50. The van der Waals surface area contributed by atoms with Crippen LogP contribution in [0.1, 0.15) is 53.8 Å². The third-order valence-corrected chi connectivity index (χ3v) is 4.23. The summed E-state index contributed by atoms with van der Waals surface area (Å²) in [5.41, 5.74) is 2.28. The summed E-state index contributed by atoms with van der Waals surface area (Å²) in [4.78, 5) is 25.2. The van der Waals surface area contributed by atoms with Gasteiger partial charge in [0.1, 0.15) is 5.69 Å². The summed E-state index contributed by atoms with van der Waals surface area (Å²) in [5, 5.41) is 6.27. The van der Waals surface area contributed by atoms with E-state index in [1.54, 1.807) is 18.5 Å². The Bertz CT molecular complexity index is 683. The highest BCUT2D eigenvalue weighted by atomic mass is 16.1. The third-order valence-electron chi connectivity index (χ3n) is 4.23. The first-order chi connectivity index (χ1) is 11.7. The minimum Gasteiger partial charge on any atom is -0.350 e. The molecule has 2 aromatic rings. The Balaban J connectivity index is 1.65. The van der Waals surface area contributed by atoms with Gasteiger partial charge in [0.2, 0.25) is 5.95 Å². The number of pyridine rings is 1. The Hall–Kier alpha value is -2.50. The molecule has 2 aromatic heterocycles. The Morgan fingerprint density at radius 2 is 1.92 bits per heavy atom. The minimum absolute atomic E-state index is 0.112. The van der Waals surface area contributed by atoms with Crippen molar-refractivity contribution in [2.24, 2.45) is 0 Å². The van der Waals surface area contributed by atoms with Gasteiger partial charge in [0.05, 0.1) is 0 Å². The molecule has 1 amide bonds. The summed E-state index contributed by atoms with van der Waals surface area (Å²) >= 11 is 0. The fourth-order valence-corrected chi connectivity index (χ4v) is 2.95. The molecule has 0 aromatic carbocycles. The first kappa shape index (κ1) is 16.4. The van der Waals surface area contributed by atoms with Gasteiger partial charge >= 0.3 is 0 Å². The lowest BCUT2D eigenvalue weighted by molar-refractivity contribution is 0.0922. The maximum atomic E-state index is 12.5. The minimum atomic E-state index is -0.112. The Morgan fingerprint density at radius 1 is 1.17 bits per heavy atom.